The molecule has 1 aliphatic rings. The van der Waals surface area contributed by atoms with E-state index in [-0.39, 0.29) is 5.60 Å². The van der Waals surface area contributed by atoms with Crippen LogP contribution in [0.3, 0.4) is 0 Å². The quantitative estimate of drug-likeness (QED) is 0.662. The Balaban J connectivity index is 2.36. The van der Waals surface area contributed by atoms with Gasteiger partial charge in [0.05, 0.1) is 5.60 Å². The Morgan fingerprint density at radius 3 is 1.73 bits per heavy atom. The van der Waals surface area contributed by atoms with Crippen molar-refractivity contribution in [2.45, 2.75) is 44.8 Å². The third-order valence-electron chi connectivity index (χ3n) is 6.40. The number of rotatable bonds is 6. The molecule has 1 nitrogen and oxygen atoms in total. The van der Waals surface area contributed by atoms with E-state index in [9.17, 15) is 0 Å². The van der Waals surface area contributed by atoms with Gasteiger partial charge in [-0.15, -0.1) is 13.2 Å². The summed E-state index contributed by atoms with van der Waals surface area (Å²) in [6.07, 6.45) is 3.21. The van der Waals surface area contributed by atoms with Crippen LogP contribution in [0.2, 0.25) is 6.04 Å². The standard InChI is InChI=1S/C23H30OSi2/c1-5-23(6-2)19-20-25(7-3,8-4)26(24-23,21-15-11-9-12-16-21)22-17-13-10-14-18-22/h7-18H,3-6,19-20H2,1-2H3. The summed E-state index contributed by atoms with van der Waals surface area (Å²) in [6, 6.07) is 23.1. The Hall–Kier alpha value is -1.69. The van der Waals surface area contributed by atoms with E-state index in [2.05, 4.69) is 99.1 Å². The van der Waals surface area contributed by atoms with E-state index < -0.39 is 15.4 Å². The molecule has 0 unspecified atom stereocenters. The van der Waals surface area contributed by atoms with E-state index in [0.717, 1.165) is 19.3 Å². The maximum atomic E-state index is 7.39. The molecule has 3 heteroatoms. The van der Waals surface area contributed by atoms with Gasteiger partial charge in [-0.05, 0) is 35.7 Å². The fourth-order valence-electron chi connectivity index (χ4n) is 4.57. The van der Waals surface area contributed by atoms with Crippen LogP contribution in [0.4, 0.5) is 0 Å². The molecule has 0 amide bonds. The molecule has 1 fully saturated rings. The molecule has 0 spiro atoms. The first-order valence-electron chi connectivity index (χ1n) is 9.70. The summed E-state index contributed by atoms with van der Waals surface area (Å²) in [5, 5.41) is 2.73. The van der Waals surface area contributed by atoms with Gasteiger partial charge in [0.1, 0.15) is 7.59 Å². The first kappa shape index (κ1) is 19.1. The van der Waals surface area contributed by atoms with Gasteiger partial charge in [0.2, 0.25) is 7.83 Å². The second kappa shape index (κ2) is 7.51. The highest BCUT2D eigenvalue weighted by Gasteiger charge is 2.62. The Morgan fingerprint density at radius 1 is 0.885 bits per heavy atom. The molecule has 1 aliphatic heterocycles. The van der Waals surface area contributed by atoms with Crippen LogP contribution in [0.25, 0.3) is 0 Å². The van der Waals surface area contributed by atoms with Crippen LogP contribution in [-0.2, 0) is 4.43 Å². The zero-order valence-corrected chi connectivity index (χ0v) is 18.1. The van der Waals surface area contributed by atoms with Crippen LogP contribution in [0.5, 0.6) is 0 Å². The minimum atomic E-state index is -2.49. The second-order valence-electron chi connectivity index (χ2n) is 7.35. The molecule has 2 aromatic carbocycles. The summed E-state index contributed by atoms with van der Waals surface area (Å²) in [4.78, 5) is 0. The zero-order valence-electron chi connectivity index (χ0n) is 16.1. The highest BCUT2D eigenvalue weighted by molar-refractivity contribution is 7.52. The summed E-state index contributed by atoms with van der Waals surface area (Å²) >= 11 is 0. The summed E-state index contributed by atoms with van der Waals surface area (Å²) in [5.41, 5.74) is 4.46. The highest BCUT2D eigenvalue weighted by Crippen LogP contribution is 2.43. The van der Waals surface area contributed by atoms with Crippen molar-refractivity contribution in [1.29, 1.82) is 0 Å². The average Bonchev–Trinajstić information content (AvgIpc) is 2.74. The van der Waals surface area contributed by atoms with E-state index in [0.29, 0.717) is 0 Å². The monoisotopic (exact) mass is 378 g/mol. The van der Waals surface area contributed by atoms with Gasteiger partial charge in [-0.1, -0.05) is 85.9 Å². The van der Waals surface area contributed by atoms with Gasteiger partial charge in [-0.3, -0.25) is 0 Å². The van der Waals surface area contributed by atoms with E-state index in [1.54, 1.807) is 0 Å². The molecule has 3 rings (SSSR count). The van der Waals surface area contributed by atoms with Gasteiger partial charge in [0.25, 0.3) is 0 Å². The number of hydrogen-bond acceptors (Lipinski definition) is 1. The Kier molecular flexibility index (Phi) is 5.51. The number of hydrogen-bond donors (Lipinski definition) is 0. The van der Waals surface area contributed by atoms with Crippen molar-refractivity contribution in [3.05, 3.63) is 85.2 Å². The molecule has 136 valence electrons. The van der Waals surface area contributed by atoms with Crippen LogP contribution in [0.1, 0.15) is 33.1 Å². The molecule has 0 N–H and O–H groups in total. The lowest BCUT2D eigenvalue weighted by Crippen LogP contribution is -2.81. The fourth-order valence-corrected chi connectivity index (χ4v) is 19.7. The molecule has 2 aromatic rings. The fraction of sp³-hybridized carbons (Fsp3) is 0.304. The predicted molar refractivity (Wildman–Crippen MR) is 118 cm³/mol. The molecule has 1 saturated heterocycles. The lowest BCUT2D eigenvalue weighted by Gasteiger charge is -2.55. The van der Waals surface area contributed by atoms with Crippen molar-refractivity contribution < 1.29 is 4.43 Å². The molecular weight excluding hydrogens is 348 g/mol. The maximum Gasteiger partial charge on any atom is 0.250 e. The van der Waals surface area contributed by atoms with Crippen molar-refractivity contribution >= 4 is 25.8 Å². The van der Waals surface area contributed by atoms with Gasteiger partial charge in [-0.2, -0.15) is 0 Å². The predicted octanol–water partition coefficient (Wildman–Crippen LogP) is 4.70. The summed E-state index contributed by atoms with van der Waals surface area (Å²) in [5.74, 6) is 0. The average molecular weight is 379 g/mol. The van der Waals surface area contributed by atoms with Gasteiger partial charge < -0.3 is 4.43 Å². The molecule has 0 saturated carbocycles. The van der Waals surface area contributed by atoms with Crippen LogP contribution in [0.15, 0.2) is 85.2 Å². The Labute approximate surface area is 160 Å². The normalized spacial score (nSPS) is 20.2. The van der Waals surface area contributed by atoms with Crippen LogP contribution >= 0.6 is 0 Å². The Bertz CT molecular complexity index is 703. The van der Waals surface area contributed by atoms with Gasteiger partial charge in [-0.25, -0.2) is 0 Å². The molecule has 0 bridgehead atoms. The van der Waals surface area contributed by atoms with Crippen molar-refractivity contribution in [3.63, 3.8) is 0 Å². The molecule has 0 radical (unpaired) electrons. The van der Waals surface area contributed by atoms with Crippen molar-refractivity contribution in [3.8, 4) is 0 Å². The van der Waals surface area contributed by atoms with Gasteiger partial charge >= 0.3 is 0 Å². The lowest BCUT2D eigenvalue weighted by molar-refractivity contribution is 0.0491. The Morgan fingerprint density at radius 2 is 1.35 bits per heavy atom. The smallest absolute Gasteiger partial charge is 0.250 e. The van der Waals surface area contributed by atoms with E-state index in [4.69, 9.17) is 4.43 Å². The highest BCUT2D eigenvalue weighted by atomic mass is 29.3. The van der Waals surface area contributed by atoms with E-state index >= 15 is 0 Å². The third kappa shape index (κ3) is 2.79. The molecule has 0 aromatic heterocycles. The van der Waals surface area contributed by atoms with Gasteiger partial charge in [0.15, 0.2) is 0 Å². The zero-order chi connectivity index (χ0) is 18.7. The van der Waals surface area contributed by atoms with Crippen LogP contribution in [-0.4, -0.2) is 21.0 Å². The van der Waals surface area contributed by atoms with Crippen LogP contribution in [0, 0.1) is 0 Å². The van der Waals surface area contributed by atoms with E-state index in [1.165, 1.54) is 16.4 Å². The van der Waals surface area contributed by atoms with Crippen LogP contribution < -0.4 is 10.4 Å². The molecule has 1 heterocycles. The molecule has 26 heavy (non-hydrogen) atoms. The van der Waals surface area contributed by atoms with Crippen molar-refractivity contribution in [2.75, 3.05) is 0 Å². The largest absolute Gasteiger partial charge is 0.404 e. The lowest BCUT2D eigenvalue weighted by atomic mass is 9.94. The van der Waals surface area contributed by atoms with E-state index in [1.807, 2.05) is 0 Å². The van der Waals surface area contributed by atoms with Gasteiger partial charge in [0, 0.05) is 0 Å². The summed E-state index contributed by atoms with van der Waals surface area (Å²) in [6.45, 7) is 13.2. The molecule has 0 aliphatic carbocycles. The second-order valence-corrected chi connectivity index (χ2v) is 18.4. The third-order valence-corrected chi connectivity index (χ3v) is 21.2. The first-order valence-corrected chi connectivity index (χ1v) is 15.0. The SMILES string of the molecule is C=C[Si]1(C=C)CCC(CC)(CC)O[Si]1(c1ccccc1)c1ccccc1. The van der Waals surface area contributed by atoms with Crippen molar-refractivity contribution in [1.82, 2.24) is 0 Å². The summed E-state index contributed by atoms with van der Waals surface area (Å²) < 4.78 is 7.39. The minimum Gasteiger partial charge on any atom is -0.404 e. The first-order chi connectivity index (χ1) is 12.6. The maximum absolute atomic E-state index is 7.39. The summed E-state index contributed by atoms with van der Waals surface area (Å²) in [7, 11) is -4.56. The number of benzene rings is 2. The minimum absolute atomic E-state index is 0.0412. The topological polar surface area (TPSA) is 9.23 Å². The van der Waals surface area contributed by atoms with Crippen molar-refractivity contribution in [2.24, 2.45) is 0 Å². The molecular formula is C23H30OSi2. The molecule has 0 atom stereocenters.